The summed E-state index contributed by atoms with van der Waals surface area (Å²) in [6.07, 6.45) is 1.46. The van der Waals surface area contributed by atoms with Gasteiger partial charge in [0.15, 0.2) is 17.2 Å². The second-order valence-electron chi connectivity index (χ2n) is 8.16. The fourth-order valence-electron chi connectivity index (χ4n) is 4.13. The van der Waals surface area contributed by atoms with Gasteiger partial charge in [0.2, 0.25) is 5.95 Å². The molecule has 0 amide bonds. The third-order valence-electron chi connectivity index (χ3n) is 5.72. The molecule has 0 radical (unpaired) electrons. The number of carbonyl (C=O) groups excluding carboxylic acids is 1. The molecule has 0 saturated carbocycles. The molecular formula is C23H25IN10O. The van der Waals surface area contributed by atoms with Crippen LogP contribution in [0.2, 0.25) is 0 Å². The van der Waals surface area contributed by atoms with Crippen LogP contribution in [0.3, 0.4) is 0 Å². The molecule has 1 aliphatic heterocycles. The summed E-state index contributed by atoms with van der Waals surface area (Å²) in [4.78, 5) is 24.8. The van der Waals surface area contributed by atoms with Crippen LogP contribution in [0, 0.1) is 22.7 Å². The summed E-state index contributed by atoms with van der Waals surface area (Å²) in [5.41, 5.74) is 4.04. The van der Waals surface area contributed by atoms with Gasteiger partial charge in [-0.1, -0.05) is 22.6 Å². The summed E-state index contributed by atoms with van der Waals surface area (Å²) in [6.45, 7) is 7.74. The average Bonchev–Trinajstić information content (AvgIpc) is 3.27. The van der Waals surface area contributed by atoms with E-state index in [0.29, 0.717) is 46.2 Å². The SMILES string of the molecule is CCNc1nc(Nc2cc(C#N)cc(N3CCN(CC(C)=O)CC3)c2CI)nn2c(C#N)cnc12. The number of hydrogen-bond acceptors (Lipinski definition) is 10. The Kier molecular flexibility index (Phi) is 7.63. The lowest BCUT2D eigenvalue weighted by Crippen LogP contribution is -2.48. The molecule has 12 heteroatoms. The summed E-state index contributed by atoms with van der Waals surface area (Å²) in [5.74, 6) is 0.970. The number of benzene rings is 1. The number of alkyl halides is 1. The van der Waals surface area contributed by atoms with Crippen molar-refractivity contribution in [1.82, 2.24) is 24.5 Å². The van der Waals surface area contributed by atoms with E-state index in [0.717, 1.165) is 43.1 Å². The van der Waals surface area contributed by atoms with Crippen LogP contribution in [0.4, 0.5) is 23.1 Å². The highest BCUT2D eigenvalue weighted by Gasteiger charge is 2.23. The van der Waals surface area contributed by atoms with Crippen LogP contribution in [0.5, 0.6) is 0 Å². The van der Waals surface area contributed by atoms with Crippen LogP contribution in [0.1, 0.15) is 30.7 Å². The topological polar surface area (TPSA) is 138 Å². The number of piperazine rings is 1. The predicted molar refractivity (Wildman–Crippen MR) is 141 cm³/mol. The number of nitriles is 2. The van der Waals surface area contributed by atoms with Crippen LogP contribution in [0.15, 0.2) is 18.3 Å². The summed E-state index contributed by atoms with van der Waals surface area (Å²) in [5, 5.41) is 30.1. The fourth-order valence-corrected chi connectivity index (χ4v) is 4.94. The Balaban J connectivity index is 1.71. The molecule has 1 aliphatic rings. The maximum absolute atomic E-state index is 11.5. The molecular weight excluding hydrogens is 559 g/mol. The Hall–Kier alpha value is -3.49. The first-order valence-corrected chi connectivity index (χ1v) is 12.8. The van der Waals surface area contributed by atoms with Gasteiger partial charge in [-0.25, -0.2) is 4.98 Å². The molecule has 0 unspecified atom stereocenters. The molecule has 2 aromatic heterocycles. The van der Waals surface area contributed by atoms with Gasteiger partial charge in [0.05, 0.1) is 24.4 Å². The number of ketones is 1. The molecule has 2 N–H and O–H groups in total. The standard InChI is InChI=1S/C23H25IN10O/c1-3-27-21-22-28-13-17(12-26)34(22)31-23(30-21)29-19-8-16(11-25)9-20(18(19)10-24)33-6-4-32(5-7-33)14-15(2)35/h8-9,13H,3-7,10,14H2,1-2H3,(H2,27,29,30,31). The average molecular weight is 584 g/mol. The number of Topliss-reactive ketones (excluding diaryl/α,β-unsaturated/α-hetero) is 1. The quantitative estimate of drug-likeness (QED) is 0.300. The van der Waals surface area contributed by atoms with Crippen LogP contribution < -0.4 is 15.5 Å². The molecule has 4 rings (SSSR count). The molecule has 3 heterocycles. The fraction of sp³-hybridized carbons (Fsp3) is 0.391. The maximum Gasteiger partial charge on any atom is 0.247 e. The Labute approximate surface area is 216 Å². The number of aromatic nitrogens is 4. The smallest absolute Gasteiger partial charge is 0.247 e. The maximum atomic E-state index is 11.5. The Morgan fingerprint density at radius 3 is 2.60 bits per heavy atom. The summed E-state index contributed by atoms with van der Waals surface area (Å²) < 4.78 is 2.16. The minimum Gasteiger partial charge on any atom is -0.369 e. The van der Waals surface area contributed by atoms with E-state index in [1.54, 1.807) is 13.0 Å². The highest BCUT2D eigenvalue weighted by atomic mass is 127. The first-order chi connectivity index (χ1) is 17.0. The van der Waals surface area contributed by atoms with Crippen molar-refractivity contribution < 1.29 is 4.79 Å². The van der Waals surface area contributed by atoms with Crippen molar-refractivity contribution in [2.45, 2.75) is 18.3 Å². The number of anilines is 4. The van der Waals surface area contributed by atoms with Crippen LogP contribution in [0.25, 0.3) is 5.65 Å². The molecule has 3 aromatic rings. The summed E-state index contributed by atoms with van der Waals surface area (Å²) in [7, 11) is 0. The zero-order valence-corrected chi connectivity index (χ0v) is 21.7. The number of hydrogen-bond donors (Lipinski definition) is 2. The molecule has 180 valence electrons. The van der Waals surface area contributed by atoms with Crippen LogP contribution in [-0.2, 0) is 9.22 Å². The van der Waals surface area contributed by atoms with Gasteiger partial charge in [-0.05, 0) is 26.0 Å². The van der Waals surface area contributed by atoms with E-state index < -0.39 is 0 Å². The van der Waals surface area contributed by atoms with Gasteiger partial charge in [0, 0.05) is 54.1 Å². The first kappa shape index (κ1) is 24.6. The monoisotopic (exact) mass is 584 g/mol. The molecule has 1 saturated heterocycles. The van der Waals surface area contributed by atoms with Gasteiger partial charge in [-0.3, -0.25) is 9.69 Å². The molecule has 11 nitrogen and oxygen atoms in total. The molecule has 1 fully saturated rings. The van der Waals surface area contributed by atoms with E-state index in [4.69, 9.17) is 0 Å². The van der Waals surface area contributed by atoms with Gasteiger partial charge in [-0.2, -0.15) is 20.0 Å². The molecule has 0 spiro atoms. The number of imidazole rings is 1. The number of halogens is 1. The van der Waals surface area contributed by atoms with Gasteiger partial charge in [-0.15, -0.1) is 5.10 Å². The van der Waals surface area contributed by atoms with Crippen molar-refractivity contribution in [2.24, 2.45) is 0 Å². The summed E-state index contributed by atoms with van der Waals surface area (Å²) in [6, 6.07) is 8.06. The van der Waals surface area contributed by atoms with Crippen molar-refractivity contribution in [1.29, 1.82) is 10.5 Å². The normalized spacial score (nSPS) is 13.9. The lowest BCUT2D eigenvalue weighted by Gasteiger charge is -2.37. The number of carbonyl (C=O) groups is 1. The number of nitrogens with one attached hydrogen (secondary N) is 2. The zero-order chi connectivity index (χ0) is 24.9. The third kappa shape index (κ3) is 5.28. The molecule has 35 heavy (non-hydrogen) atoms. The van der Waals surface area contributed by atoms with Crippen molar-refractivity contribution in [2.75, 3.05) is 54.8 Å². The molecule has 0 atom stereocenters. The van der Waals surface area contributed by atoms with Gasteiger partial charge < -0.3 is 15.5 Å². The number of fused-ring (bicyclic) bond motifs is 1. The highest BCUT2D eigenvalue weighted by molar-refractivity contribution is 14.1. The number of nitrogens with zero attached hydrogens (tertiary/aromatic N) is 8. The van der Waals surface area contributed by atoms with E-state index >= 15 is 0 Å². The lowest BCUT2D eigenvalue weighted by molar-refractivity contribution is -0.118. The van der Waals surface area contributed by atoms with Gasteiger partial charge in [0.25, 0.3) is 0 Å². The van der Waals surface area contributed by atoms with Gasteiger partial charge >= 0.3 is 0 Å². The predicted octanol–water partition coefficient (Wildman–Crippen LogP) is 2.69. The largest absolute Gasteiger partial charge is 0.369 e. The summed E-state index contributed by atoms with van der Waals surface area (Å²) >= 11 is 2.32. The highest BCUT2D eigenvalue weighted by Crippen LogP contribution is 2.34. The Bertz CT molecular complexity index is 1330. The van der Waals surface area contributed by atoms with E-state index in [9.17, 15) is 15.3 Å². The van der Waals surface area contributed by atoms with E-state index in [2.05, 4.69) is 70.2 Å². The van der Waals surface area contributed by atoms with E-state index in [-0.39, 0.29) is 5.78 Å². The molecule has 0 aliphatic carbocycles. The second-order valence-corrected chi connectivity index (χ2v) is 8.92. The van der Waals surface area contributed by atoms with Crippen LogP contribution in [-0.4, -0.2) is 69.5 Å². The van der Waals surface area contributed by atoms with Crippen molar-refractivity contribution >= 4 is 57.2 Å². The number of rotatable bonds is 8. The van der Waals surface area contributed by atoms with E-state index in [1.807, 2.05) is 13.0 Å². The molecule has 1 aromatic carbocycles. The minimum atomic E-state index is 0.163. The lowest BCUT2D eigenvalue weighted by atomic mass is 10.1. The van der Waals surface area contributed by atoms with Crippen molar-refractivity contribution in [3.8, 4) is 12.1 Å². The van der Waals surface area contributed by atoms with Gasteiger partial charge in [0.1, 0.15) is 11.9 Å². The second kappa shape index (κ2) is 10.8. The minimum absolute atomic E-state index is 0.163. The molecule has 0 bridgehead atoms. The van der Waals surface area contributed by atoms with E-state index in [1.165, 1.54) is 10.7 Å². The Morgan fingerprint density at radius 1 is 1.20 bits per heavy atom. The first-order valence-electron chi connectivity index (χ1n) is 11.2. The van der Waals surface area contributed by atoms with Crippen LogP contribution >= 0.6 is 22.6 Å². The Morgan fingerprint density at radius 2 is 1.97 bits per heavy atom. The van der Waals surface area contributed by atoms with Crippen molar-refractivity contribution in [3.05, 3.63) is 35.2 Å². The third-order valence-corrected chi connectivity index (χ3v) is 6.48. The van der Waals surface area contributed by atoms with Crippen molar-refractivity contribution in [3.63, 3.8) is 0 Å². The zero-order valence-electron chi connectivity index (χ0n) is 19.5.